The Balaban J connectivity index is 2.38. The molecule has 18 heavy (non-hydrogen) atoms. The summed E-state index contributed by atoms with van der Waals surface area (Å²) in [6.07, 6.45) is 0.172. The number of carbonyl (C=O) groups excluding carboxylic acids is 2. The van der Waals surface area contributed by atoms with E-state index in [-0.39, 0.29) is 12.2 Å². The summed E-state index contributed by atoms with van der Waals surface area (Å²) in [4.78, 5) is 36.4. The van der Waals surface area contributed by atoms with Gasteiger partial charge in [-0.1, -0.05) is 6.92 Å². The van der Waals surface area contributed by atoms with Gasteiger partial charge in [0.2, 0.25) is 0 Å². The molecule has 2 heterocycles. The molecule has 0 unspecified atom stereocenters. The molecule has 0 bridgehead atoms. The highest BCUT2D eigenvalue weighted by molar-refractivity contribution is 8.01. The molecular weight excluding hydrogens is 256 g/mol. The van der Waals surface area contributed by atoms with Crippen LogP contribution < -0.4 is 5.73 Å². The van der Waals surface area contributed by atoms with Crippen LogP contribution in [0.2, 0.25) is 0 Å². The second-order valence-corrected chi connectivity index (χ2v) is 6.91. The van der Waals surface area contributed by atoms with E-state index in [2.05, 4.69) is 0 Å². The monoisotopic (exact) mass is 272 g/mol. The van der Waals surface area contributed by atoms with Crippen LogP contribution in [0.15, 0.2) is 0 Å². The normalized spacial score (nSPS) is 37.1. The molecule has 100 valence electrons. The van der Waals surface area contributed by atoms with Gasteiger partial charge in [0.15, 0.2) is 11.3 Å². The molecule has 6 nitrogen and oxygen atoms in total. The summed E-state index contributed by atoms with van der Waals surface area (Å²) in [5.74, 6) is -1.96. The Morgan fingerprint density at radius 1 is 1.50 bits per heavy atom. The van der Waals surface area contributed by atoms with Gasteiger partial charge in [0, 0.05) is 11.2 Å². The number of ketones is 1. The number of Topliss-reactive ketones (excluding diaryl/α,β-unsaturated/α-hetero) is 1. The van der Waals surface area contributed by atoms with Crippen LogP contribution >= 0.6 is 11.8 Å². The zero-order chi connectivity index (χ0) is 13.9. The minimum atomic E-state index is -1.54. The Hall–Kier alpha value is -1.08. The van der Waals surface area contributed by atoms with Gasteiger partial charge in [-0.25, -0.2) is 4.79 Å². The molecule has 2 aliphatic rings. The van der Waals surface area contributed by atoms with Crippen LogP contribution in [0.5, 0.6) is 0 Å². The van der Waals surface area contributed by atoms with E-state index in [1.54, 1.807) is 20.8 Å². The Kier molecular flexibility index (Phi) is 2.75. The Morgan fingerprint density at radius 2 is 2.06 bits per heavy atom. The number of carboxylic acids is 1. The van der Waals surface area contributed by atoms with Crippen molar-refractivity contribution >= 4 is 29.4 Å². The molecule has 0 aromatic rings. The third kappa shape index (κ3) is 1.37. The van der Waals surface area contributed by atoms with Crippen molar-refractivity contribution in [1.29, 1.82) is 0 Å². The van der Waals surface area contributed by atoms with E-state index >= 15 is 0 Å². The number of nitrogens with two attached hydrogens (primary N) is 1. The van der Waals surface area contributed by atoms with Crippen molar-refractivity contribution in [3.05, 3.63) is 0 Å². The summed E-state index contributed by atoms with van der Waals surface area (Å²) in [6.45, 7) is 5.14. The predicted octanol–water partition coefficient (Wildman–Crippen LogP) is -0.190. The molecule has 0 aliphatic carbocycles. The number of rotatable bonds is 3. The highest BCUT2D eigenvalue weighted by Crippen LogP contribution is 2.54. The van der Waals surface area contributed by atoms with Crippen molar-refractivity contribution in [2.45, 2.75) is 48.9 Å². The number of thioether (sulfide) groups is 1. The molecule has 0 aromatic carbocycles. The van der Waals surface area contributed by atoms with Crippen LogP contribution in [-0.4, -0.2) is 49.4 Å². The topological polar surface area (TPSA) is 101 Å². The molecule has 1 amide bonds. The van der Waals surface area contributed by atoms with Crippen LogP contribution in [0.3, 0.4) is 0 Å². The average molecular weight is 272 g/mol. The first kappa shape index (κ1) is 13.4. The van der Waals surface area contributed by atoms with E-state index in [4.69, 9.17) is 5.73 Å². The number of carboxylic acid groups (broad SMARTS) is 1. The van der Waals surface area contributed by atoms with Crippen LogP contribution in [0.1, 0.15) is 27.2 Å². The third-order valence-electron chi connectivity index (χ3n) is 3.60. The number of amides is 1. The summed E-state index contributed by atoms with van der Waals surface area (Å²) >= 11 is 1.29. The number of aliphatic carboxylic acids is 1. The first-order valence-corrected chi connectivity index (χ1v) is 6.61. The van der Waals surface area contributed by atoms with Gasteiger partial charge in [0.05, 0.1) is 0 Å². The van der Waals surface area contributed by atoms with E-state index < -0.39 is 33.6 Å². The van der Waals surface area contributed by atoms with Crippen molar-refractivity contribution in [3.63, 3.8) is 0 Å². The van der Waals surface area contributed by atoms with Crippen molar-refractivity contribution in [1.82, 2.24) is 4.90 Å². The molecule has 0 spiro atoms. The molecule has 7 heteroatoms. The maximum atomic E-state index is 12.1. The Labute approximate surface area is 109 Å². The standard InChI is InChI=1S/C11H16N2O4S/c1-4-5(14)11(12)8(17)13-6(7(15)16)10(2,3)18-9(11)13/h6,9H,4,12H2,1-3H3,(H,15,16)/t6-,9+,11-/m0/s1. The lowest BCUT2D eigenvalue weighted by Gasteiger charge is -2.49. The largest absolute Gasteiger partial charge is 0.480 e. The number of hydrogen-bond acceptors (Lipinski definition) is 5. The van der Waals surface area contributed by atoms with Crippen LogP contribution in [-0.2, 0) is 14.4 Å². The summed E-state index contributed by atoms with van der Waals surface area (Å²) in [5.41, 5.74) is 4.37. The minimum absolute atomic E-state index is 0.172. The number of carbonyl (C=O) groups is 3. The fourth-order valence-electron chi connectivity index (χ4n) is 2.63. The van der Waals surface area contributed by atoms with Gasteiger partial charge in [-0.3, -0.25) is 9.59 Å². The van der Waals surface area contributed by atoms with Gasteiger partial charge >= 0.3 is 5.97 Å². The molecule has 3 N–H and O–H groups in total. The number of fused-ring (bicyclic) bond motifs is 1. The Morgan fingerprint density at radius 3 is 2.50 bits per heavy atom. The lowest BCUT2D eigenvalue weighted by molar-refractivity contribution is -0.168. The van der Waals surface area contributed by atoms with Crippen molar-refractivity contribution in [2.75, 3.05) is 0 Å². The second kappa shape index (κ2) is 3.71. The first-order chi connectivity index (χ1) is 8.17. The summed E-state index contributed by atoms with van der Waals surface area (Å²) < 4.78 is -0.651. The predicted molar refractivity (Wildman–Crippen MR) is 65.9 cm³/mol. The molecule has 0 saturated carbocycles. The van der Waals surface area contributed by atoms with Gasteiger partial charge in [0.25, 0.3) is 5.91 Å². The molecule has 2 saturated heterocycles. The summed E-state index contributed by atoms with van der Waals surface area (Å²) in [6, 6.07) is -0.929. The zero-order valence-electron chi connectivity index (χ0n) is 10.5. The van der Waals surface area contributed by atoms with Crippen LogP contribution in [0.25, 0.3) is 0 Å². The van der Waals surface area contributed by atoms with E-state index in [1.807, 2.05) is 0 Å². The third-order valence-corrected chi connectivity index (χ3v) is 5.25. The maximum absolute atomic E-state index is 12.1. The number of nitrogens with zero attached hydrogens (tertiary/aromatic N) is 1. The first-order valence-electron chi connectivity index (χ1n) is 5.73. The van der Waals surface area contributed by atoms with Crippen LogP contribution in [0.4, 0.5) is 0 Å². The SMILES string of the molecule is CCC(=O)[C@]1(N)C(=O)N2[C@@H](C(=O)O)C(C)(C)S[C@@H]21. The van der Waals surface area contributed by atoms with Gasteiger partial charge in [-0.2, -0.15) is 0 Å². The highest BCUT2D eigenvalue weighted by Gasteiger charge is 2.72. The average Bonchev–Trinajstić information content (AvgIpc) is 2.56. The molecule has 0 radical (unpaired) electrons. The van der Waals surface area contributed by atoms with E-state index in [1.165, 1.54) is 16.7 Å². The number of β-lactam (4-membered cyclic amide) rings is 1. The maximum Gasteiger partial charge on any atom is 0.327 e. The summed E-state index contributed by atoms with van der Waals surface area (Å²) in [5, 5.41) is 8.66. The van der Waals surface area contributed by atoms with Crippen molar-refractivity contribution in [3.8, 4) is 0 Å². The van der Waals surface area contributed by atoms with Crippen molar-refractivity contribution in [2.24, 2.45) is 5.73 Å². The quantitative estimate of drug-likeness (QED) is 0.545. The lowest BCUT2D eigenvalue weighted by atomic mass is 9.81. The molecule has 0 aromatic heterocycles. The molecular formula is C11H16N2O4S. The zero-order valence-corrected chi connectivity index (χ0v) is 11.3. The fourth-order valence-corrected chi connectivity index (χ4v) is 4.30. The smallest absolute Gasteiger partial charge is 0.327 e. The van der Waals surface area contributed by atoms with Crippen molar-refractivity contribution < 1.29 is 19.5 Å². The molecule has 2 rings (SSSR count). The van der Waals surface area contributed by atoms with Gasteiger partial charge < -0.3 is 15.7 Å². The van der Waals surface area contributed by atoms with E-state index in [0.717, 1.165) is 0 Å². The minimum Gasteiger partial charge on any atom is -0.480 e. The van der Waals surface area contributed by atoms with Gasteiger partial charge in [-0.15, -0.1) is 11.8 Å². The fraction of sp³-hybridized carbons (Fsp3) is 0.727. The van der Waals surface area contributed by atoms with Gasteiger partial charge in [-0.05, 0) is 13.8 Å². The number of hydrogen-bond donors (Lipinski definition) is 2. The van der Waals surface area contributed by atoms with E-state index in [9.17, 15) is 19.5 Å². The lowest BCUT2D eigenvalue weighted by Crippen LogP contribution is -2.80. The van der Waals surface area contributed by atoms with Crippen LogP contribution in [0, 0.1) is 0 Å². The molecule has 3 atom stereocenters. The van der Waals surface area contributed by atoms with E-state index in [0.29, 0.717) is 0 Å². The summed E-state index contributed by atoms with van der Waals surface area (Å²) in [7, 11) is 0. The molecule has 2 fully saturated rings. The van der Waals surface area contributed by atoms with Gasteiger partial charge in [0.1, 0.15) is 11.4 Å². The second-order valence-electron chi connectivity index (χ2n) is 5.17. The Bertz CT molecular complexity index is 450. The highest BCUT2D eigenvalue weighted by atomic mass is 32.2. The molecule has 2 aliphatic heterocycles.